The second kappa shape index (κ2) is 4.24. The molecule has 2 aromatic carbocycles. The number of benzene rings is 2. The second-order valence-electron chi connectivity index (χ2n) is 4.18. The number of hydrogen-bond donors (Lipinski definition) is 1. The van der Waals surface area contributed by atoms with Crippen LogP contribution in [0.3, 0.4) is 0 Å². The maximum Gasteiger partial charge on any atom is 0.371 e. The summed E-state index contributed by atoms with van der Waals surface area (Å²) in [6.07, 6.45) is 0. The molecule has 0 unspecified atom stereocenters. The van der Waals surface area contributed by atoms with E-state index in [0.717, 1.165) is 11.1 Å². The van der Waals surface area contributed by atoms with Crippen molar-refractivity contribution in [1.82, 2.24) is 0 Å². The van der Waals surface area contributed by atoms with Crippen LogP contribution in [0.2, 0.25) is 0 Å². The smallest absolute Gasteiger partial charge is 0.371 e. The van der Waals surface area contributed by atoms with Crippen molar-refractivity contribution in [2.45, 2.75) is 0 Å². The first kappa shape index (κ1) is 11.5. The van der Waals surface area contributed by atoms with Gasteiger partial charge in [0.05, 0.1) is 0 Å². The highest BCUT2D eigenvalue weighted by molar-refractivity contribution is 5.92. The van der Waals surface area contributed by atoms with Gasteiger partial charge in [-0.15, -0.1) is 0 Å². The highest BCUT2D eigenvalue weighted by Gasteiger charge is 2.11. The third-order valence-electron chi connectivity index (χ3n) is 2.89. The van der Waals surface area contributed by atoms with Crippen LogP contribution in [0.15, 0.2) is 52.9 Å². The van der Waals surface area contributed by atoms with Crippen molar-refractivity contribution < 1.29 is 18.7 Å². The van der Waals surface area contributed by atoms with Gasteiger partial charge < -0.3 is 9.52 Å². The molecule has 3 aromatic rings. The SMILES string of the molecule is O=C(O)c1cc2ccc(-c3cccc(F)c3)cc2o1. The highest BCUT2D eigenvalue weighted by atomic mass is 19.1. The van der Waals surface area contributed by atoms with Gasteiger partial charge in [0.15, 0.2) is 0 Å². The molecule has 0 bridgehead atoms. The molecule has 19 heavy (non-hydrogen) atoms. The third kappa shape index (κ3) is 2.08. The summed E-state index contributed by atoms with van der Waals surface area (Å²) in [6.45, 7) is 0. The Bertz CT molecular complexity index is 774. The first-order chi connectivity index (χ1) is 9.13. The van der Waals surface area contributed by atoms with E-state index in [-0.39, 0.29) is 11.6 Å². The summed E-state index contributed by atoms with van der Waals surface area (Å²) in [7, 11) is 0. The van der Waals surface area contributed by atoms with E-state index in [9.17, 15) is 9.18 Å². The molecule has 4 heteroatoms. The number of carboxylic acid groups (broad SMARTS) is 1. The van der Waals surface area contributed by atoms with Crippen molar-refractivity contribution in [2.24, 2.45) is 0 Å². The lowest BCUT2D eigenvalue weighted by molar-refractivity contribution is 0.0665. The maximum absolute atomic E-state index is 13.2. The molecule has 3 rings (SSSR count). The van der Waals surface area contributed by atoms with Gasteiger partial charge in [-0.3, -0.25) is 0 Å². The van der Waals surface area contributed by atoms with Gasteiger partial charge in [0.2, 0.25) is 5.76 Å². The fourth-order valence-corrected chi connectivity index (χ4v) is 1.98. The predicted octanol–water partition coefficient (Wildman–Crippen LogP) is 3.94. The molecule has 0 amide bonds. The number of halogens is 1. The Balaban J connectivity index is 2.13. The number of aromatic carboxylic acids is 1. The maximum atomic E-state index is 13.2. The van der Waals surface area contributed by atoms with Crippen molar-refractivity contribution in [3.63, 3.8) is 0 Å². The van der Waals surface area contributed by atoms with Gasteiger partial charge in [-0.05, 0) is 35.4 Å². The van der Waals surface area contributed by atoms with E-state index in [2.05, 4.69) is 0 Å². The average Bonchev–Trinajstić information content (AvgIpc) is 2.81. The summed E-state index contributed by atoms with van der Waals surface area (Å²) in [5.74, 6) is -1.53. The van der Waals surface area contributed by atoms with E-state index in [4.69, 9.17) is 9.52 Å². The van der Waals surface area contributed by atoms with Crippen molar-refractivity contribution in [1.29, 1.82) is 0 Å². The van der Waals surface area contributed by atoms with E-state index < -0.39 is 5.97 Å². The van der Waals surface area contributed by atoms with E-state index in [1.54, 1.807) is 30.3 Å². The Morgan fingerprint density at radius 3 is 2.58 bits per heavy atom. The summed E-state index contributed by atoms with van der Waals surface area (Å²) in [5.41, 5.74) is 1.97. The van der Waals surface area contributed by atoms with Gasteiger partial charge in [0, 0.05) is 5.39 Å². The molecular formula is C15H9FO3. The van der Waals surface area contributed by atoms with Crippen LogP contribution in [-0.2, 0) is 0 Å². The van der Waals surface area contributed by atoms with Crippen molar-refractivity contribution in [3.8, 4) is 11.1 Å². The normalized spacial score (nSPS) is 10.8. The van der Waals surface area contributed by atoms with Crippen LogP contribution in [0.1, 0.15) is 10.6 Å². The average molecular weight is 256 g/mol. The minimum absolute atomic E-state index is 0.105. The van der Waals surface area contributed by atoms with Crippen LogP contribution in [0.25, 0.3) is 22.1 Å². The van der Waals surface area contributed by atoms with Crippen molar-refractivity contribution in [2.75, 3.05) is 0 Å². The van der Waals surface area contributed by atoms with Crippen LogP contribution < -0.4 is 0 Å². The molecule has 0 fully saturated rings. The molecule has 0 spiro atoms. The van der Waals surface area contributed by atoms with Crippen LogP contribution in [0.4, 0.5) is 4.39 Å². The van der Waals surface area contributed by atoms with E-state index in [1.807, 2.05) is 0 Å². The molecule has 0 aliphatic carbocycles. The molecule has 0 saturated heterocycles. The number of rotatable bonds is 2. The lowest BCUT2D eigenvalue weighted by atomic mass is 10.0. The molecule has 1 heterocycles. The number of furan rings is 1. The zero-order valence-electron chi connectivity index (χ0n) is 9.76. The molecule has 0 saturated carbocycles. The number of carbonyl (C=O) groups is 1. The Hall–Kier alpha value is -2.62. The van der Waals surface area contributed by atoms with E-state index >= 15 is 0 Å². The Morgan fingerprint density at radius 2 is 1.84 bits per heavy atom. The molecule has 0 radical (unpaired) electrons. The quantitative estimate of drug-likeness (QED) is 0.755. The number of hydrogen-bond acceptors (Lipinski definition) is 2. The summed E-state index contributed by atoms with van der Waals surface area (Å²) in [5, 5.41) is 9.57. The van der Waals surface area contributed by atoms with Gasteiger partial charge >= 0.3 is 5.97 Å². The van der Waals surface area contributed by atoms with Crippen LogP contribution in [0.5, 0.6) is 0 Å². The molecule has 0 aliphatic rings. The van der Waals surface area contributed by atoms with E-state index in [1.165, 1.54) is 18.2 Å². The lowest BCUT2D eigenvalue weighted by Gasteiger charge is -2.01. The summed E-state index contributed by atoms with van der Waals surface area (Å²) in [6, 6.07) is 12.9. The molecule has 0 aliphatic heterocycles. The fourth-order valence-electron chi connectivity index (χ4n) is 1.98. The minimum Gasteiger partial charge on any atom is -0.475 e. The van der Waals surface area contributed by atoms with Gasteiger partial charge in [0.1, 0.15) is 11.4 Å². The molecular weight excluding hydrogens is 247 g/mol. The molecule has 1 N–H and O–H groups in total. The van der Waals surface area contributed by atoms with Gasteiger partial charge in [-0.2, -0.15) is 0 Å². The Labute approximate surface area is 107 Å². The standard InChI is InChI=1S/C15H9FO3/c16-12-3-1-2-9(6-12)10-4-5-11-8-14(15(17)18)19-13(11)7-10/h1-8H,(H,17,18). The van der Waals surface area contributed by atoms with E-state index in [0.29, 0.717) is 11.0 Å². The topological polar surface area (TPSA) is 50.4 Å². The fraction of sp³-hybridized carbons (Fsp3) is 0. The summed E-state index contributed by atoms with van der Waals surface area (Å²) in [4.78, 5) is 10.8. The second-order valence-corrected chi connectivity index (χ2v) is 4.18. The Morgan fingerprint density at radius 1 is 1.05 bits per heavy atom. The molecule has 94 valence electrons. The molecule has 3 nitrogen and oxygen atoms in total. The monoisotopic (exact) mass is 256 g/mol. The zero-order chi connectivity index (χ0) is 13.4. The van der Waals surface area contributed by atoms with Gasteiger partial charge in [-0.25, -0.2) is 9.18 Å². The zero-order valence-corrected chi connectivity index (χ0v) is 9.76. The van der Waals surface area contributed by atoms with Crippen LogP contribution >= 0.6 is 0 Å². The highest BCUT2D eigenvalue weighted by Crippen LogP contribution is 2.27. The van der Waals surface area contributed by atoms with Gasteiger partial charge in [-0.1, -0.05) is 24.3 Å². The number of carboxylic acids is 1. The summed E-state index contributed by atoms with van der Waals surface area (Å²) < 4.78 is 18.4. The minimum atomic E-state index is -1.11. The first-order valence-electron chi connectivity index (χ1n) is 5.66. The lowest BCUT2D eigenvalue weighted by Crippen LogP contribution is -1.91. The molecule has 0 atom stereocenters. The van der Waals surface area contributed by atoms with Crippen LogP contribution in [0, 0.1) is 5.82 Å². The predicted molar refractivity (Wildman–Crippen MR) is 68.6 cm³/mol. The third-order valence-corrected chi connectivity index (χ3v) is 2.89. The molecule has 1 aromatic heterocycles. The Kier molecular flexibility index (Phi) is 2.56. The van der Waals surface area contributed by atoms with Crippen LogP contribution in [-0.4, -0.2) is 11.1 Å². The van der Waals surface area contributed by atoms with Crippen molar-refractivity contribution >= 4 is 16.9 Å². The summed E-state index contributed by atoms with van der Waals surface area (Å²) >= 11 is 0. The largest absolute Gasteiger partial charge is 0.475 e. The first-order valence-corrected chi connectivity index (χ1v) is 5.66. The van der Waals surface area contributed by atoms with Crippen molar-refractivity contribution in [3.05, 3.63) is 60.1 Å². The van der Waals surface area contributed by atoms with Gasteiger partial charge in [0.25, 0.3) is 0 Å². The number of fused-ring (bicyclic) bond motifs is 1.